The summed E-state index contributed by atoms with van der Waals surface area (Å²) in [6, 6.07) is 3.51. The Morgan fingerprint density at radius 2 is 1.92 bits per heavy atom. The predicted octanol–water partition coefficient (Wildman–Crippen LogP) is 4.34. The fraction of sp³-hybridized carbons (Fsp3) is 0.125. The van der Waals surface area contributed by atoms with E-state index in [0.717, 1.165) is 15.2 Å². The lowest BCUT2D eigenvalue weighted by Gasteiger charge is -1.92. The Morgan fingerprint density at radius 3 is 2.54 bits per heavy atom. The minimum Gasteiger partial charge on any atom is -0.238 e. The topological polar surface area (TPSA) is 12.9 Å². The summed E-state index contributed by atoms with van der Waals surface area (Å²) >= 11 is 19.1. The van der Waals surface area contributed by atoms with E-state index in [1.165, 1.54) is 11.3 Å². The summed E-state index contributed by atoms with van der Waals surface area (Å²) in [6.45, 7) is 0. The van der Waals surface area contributed by atoms with E-state index < -0.39 is 0 Å². The SMILES string of the molecule is ClCc1nc2c(Cl)ccc(Cl)c2s1. The summed E-state index contributed by atoms with van der Waals surface area (Å²) in [4.78, 5) is 4.26. The van der Waals surface area contributed by atoms with Crippen molar-refractivity contribution < 1.29 is 0 Å². The number of benzene rings is 1. The van der Waals surface area contributed by atoms with Crippen molar-refractivity contribution >= 4 is 56.4 Å². The first-order valence-electron chi connectivity index (χ1n) is 3.51. The fourth-order valence-electron chi connectivity index (χ4n) is 1.05. The van der Waals surface area contributed by atoms with Crippen LogP contribution in [0.2, 0.25) is 10.0 Å². The molecule has 68 valence electrons. The van der Waals surface area contributed by atoms with E-state index in [2.05, 4.69) is 4.98 Å². The molecule has 0 atom stereocenters. The summed E-state index contributed by atoms with van der Waals surface area (Å²) in [6.07, 6.45) is 0. The molecule has 0 saturated carbocycles. The minimum absolute atomic E-state index is 0.395. The second-order valence-corrected chi connectivity index (χ2v) is 4.61. The second kappa shape index (κ2) is 3.62. The van der Waals surface area contributed by atoms with E-state index in [4.69, 9.17) is 34.8 Å². The van der Waals surface area contributed by atoms with Crippen LogP contribution in [-0.2, 0) is 5.88 Å². The van der Waals surface area contributed by atoms with Crippen molar-refractivity contribution in [3.63, 3.8) is 0 Å². The van der Waals surface area contributed by atoms with Gasteiger partial charge in [0.05, 0.1) is 20.6 Å². The third-order valence-electron chi connectivity index (χ3n) is 1.60. The van der Waals surface area contributed by atoms with Crippen LogP contribution in [0.1, 0.15) is 5.01 Å². The number of rotatable bonds is 1. The highest BCUT2D eigenvalue weighted by Crippen LogP contribution is 2.34. The van der Waals surface area contributed by atoms with E-state index >= 15 is 0 Å². The van der Waals surface area contributed by atoms with Crippen molar-refractivity contribution in [1.82, 2.24) is 4.98 Å². The third kappa shape index (κ3) is 1.64. The molecule has 0 fully saturated rings. The molecule has 5 heteroatoms. The molecule has 1 nitrogen and oxygen atoms in total. The maximum Gasteiger partial charge on any atom is 0.109 e. The lowest BCUT2D eigenvalue weighted by atomic mass is 10.3. The quantitative estimate of drug-likeness (QED) is 0.688. The lowest BCUT2D eigenvalue weighted by molar-refractivity contribution is 1.30. The van der Waals surface area contributed by atoms with Gasteiger partial charge in [-0.1, -0.05) is 23.2 Å². The maximum absolute atomic E-state index is 5.97. The largest absolute Gasteiger partial charge is 0.238 e. The Hall–Kier alpha value is -0.0200. The Kier molecular flexibility index (Phi) is 2.65. The van der Waals surface area contributed by atoms with Gasteiger partial charge in [-0.05, 0) is 12.1 Å². The number of fused-ring (bicyclic) bond motifs is 1. The number of hydrogen-bond acceptors (Lipinski definition) is 2. The smallest absolute Gasteiger partial charge is 0.109 e. The molecule has 0 aliphatic rings. The Morgan fingerprint density at radius 1 is 1.23 bits per heavy atom. The molecule has 1 heterocycles. The average molecular weight is 253 g/mol. The summed E-state index contributed by atoms with van der Waals surface area (Å²) in [5.74, 6) is 0.395. The van der Waals surface area contributed by atoms with E-state index in [1.54, 1.807) is 12.1 Å². The van der Waals surface area contributed by atoms with Crippen molar-refractivity contribution in [3.05, 3.63) is 27.2 Å². The molecule has 0 N–H and O–H groups in total. The van der Waals surface area contributed by atoms with Crippen molar-refractivity contribution in [3.8, 4) is 0 Å². The molecule has 0 aliphatic heterocycles. The van der Waals surface area contributed by atoms with Crippen LogP contribution in [0.4, 0.5) is 0 Å². The van der Waals surface area contributed by atoms with Crippen LogP contribution < -0.4 is 0 Å². The molecule has 0 bridgehead atoms. The molecule has 1 aromatic carbocycles. The summed E-state index contributed by atoms with van der Waals surface area (Å²) in [5.41, 5.74) is 0.745. The van der Waals surface area contributed by atoms with Gasteiger partial charge in [0.15, 0.2) is 0 Å². The van der Waals surface area contributed by atoms with Gasteiger partial charge in [0.1, 0.15) is 10.5 Å². The van der Waals surface area contributed by atoms with Crippen LogP contribution in [0.25, 0.3) is 10.2 Å². The molecule has 0 radical (unpaired) electrons. The van der Waals surface area contributed by atoms with E-state index in [1.807, 2.05) is 0 Å². The monoisotopic (exact) mass is 251 g/mol. The minimum atomic E-state index is 0.395. The Bertz CT molecular complexity index is 413. The Balaban J connectivity index is 2.80. The zero-order chi connectivity index (χ0) is 9.42. The number of aromatic nitrogens is 1. The number of halogens is 3. The second-order valence-electron chi connectivity index (χ2n) is 2.45. The third-order valence-corrected chi connectivity index (χ3v) is 3.84. The fourth-order valence-corrected chi connectivity index (χ4v) is 2.64. The van der Waals surface area contributed by atoms with Crippen LogP contribution in [0.15, 0.2) is 12.1 Å². The normalized spacial score (nSPS) is 11.0. The first kappa shape index (κ1) is 9.53. The standard InChI is InChI=1S/C8H4Cl3NS/c9-3-6-12-7-4(10)1-2-5(11)8(7)13-6/h1-2H,3H2. The molecular formula is C8H4Cl3NS. The lowest BCUT2D eigenvalue weighted by Crippen LogP contribution is -1.74. The highest BCUT2D eigenvalue weighted by atomic mass is 35.5. The van der Waals surface area contributed by atoms with Gasteiger partial charge >= 0.3 is 0 Å². The van der Waals surface area contributed by atoms with Gasteiger partial charge in [0, 0.05) is 0 Å². The van der Waals surface area contributed by atoms with Gasteiger partial charge in [-0.3, -0.25) is 0 Å². The van der Waals surface area contributed by atoms with Crippen LogP contribution in [-0.4, -0.2) is 4.98 Å². The highest BCUT2D eigenvalue weighted by Gasteiger charge is 2.09. The van der Waals surface area contributed by atoms with Crippen molar-refractivity contribution in [2.75, 3.05) is 0 Å². The van der Waals surface area contributed by atoms with Gasteiger partial charge in [-0.2, -0.15) is 0 Å². The molecule has 0 spiro atoms. The summed E-state index contributed by atoms with van der Waals surface area (Å²) in [5, 5.41) is 2.13. The number of nitrogens with zero attached hydrogens (tertiary/aromatic N) is 1. The predicted molar refractivity (Wildman–Crippen MR) is 59.2 cm³/mol. The summed E-state index contributed by atoms with van der Waals surface area (Å²) in [7, 11) is 0. The molecule has 0 unspecified atom stereocenters. The number of alkyl halides is 1. The van der Waals surface area contributed by atoms with Gasteiger partial charge in [-0.15, -0.1) is 22.9 Å². The average Bonchev–Trinajstić information content (AvgIpc) is 2.56. The van der Waals surface area contributed by atoms with Crippen LogP contribution in [0.3, 0.4) is 0 Å². The zero-order valence-electron chi connectivity index (χ0n) is 6.35. The Labute approximate surface area is 94.2 Å². The van der Waals surface area contributed by atoms with Crippen LogP contribution in [0, 0.1) is 0 Å². The zero-order valence-corrected chi connectivity index (χ0v) is 9.44. The van der Waals surface area contributed by atoms with Gasteiger partial charge < -0.3 is 0 Å². The van der Waals surface area contributed by atoms with Crippen LogP contribution in [0.5, 0.6) is 0 Å². The molecule has 0 aliphatic carbocycles. The summed E-state index contributed by atoms with van der Waals surface area (Å²) < 4.78 is 0.907. The number of hydrogen-bond donors (Lipinski definition) is 0. The highest BCUT2D eigenvalue weighted by molar-refractivity contribution is 7.19. The van der Waals surface area contributed by atoms with Crippen molar-refractivity contribution in [2.45, 2.75) is 5.88 Å². The molecule has 2 aromatic rings. The van der Waals surface area contributed by atoms with E-state index in [-0.39, 0.29) is 0 Å². The van der Waals surface area contributed by atoms with Crippen LogP contribution >= 0.6 is 46.1 Å². The molecule has 0 saturated heterocycles. The number of thiazole rings is 1. The van der Waals surface area contributed by atoms with Crippen molar-refractivity contribution in [1.29, 1.82) is 0 Å². The maximum atomic E-state index is 5.97. The molecular weight excluding hydrogens is 249 g/mol. The first-order chi connectivity index (χ1) is 6.22. The van der Waals surface area contributed by atoms with Gasteiger partial charge in [-0.25, -0.2) is 4.98 Å². The van der Waals surface area contributed by atoms with Crippen molar-refractivity contribution in [2.24, 2.45) is 0 Å². The molecule has 13 heavy (non-hydrogen) atoms. The first-order valence-corrected chi connectivity index (χ1v) is 5.62. The molecule has 1 aromatic heterocycles. The van der Waals surface area contributed by atoms with Gasteiger partial charge in [0.25, 0.3) is 0 Å². The van der Waals surface area contributed by atoms with Gasteiger partial charge in [0.2, 0.25) is 0 Å². The molecule has 0 amide bonds. The molecule has 2 rings (SSSR count). The van der Waals surface area contributed by atoms with E-state index in [0.29, 0.717) is 15.9 Å². The van der Waals surface area contributed by atoms with E-state index in [9.17, 15) is 0 Å².